The number of nitrogens with zero attached hydrogens (tertiary/aromatic N) is 1. The van der Waals surface area contributed by atoms with Crippen molar-refractivity contribution < 1.29 is 13.2 Å². The molecule has 1 aromatic carbocycles. The minimum absolute atomic E-state index is 0.0222. The van der Waals surface area contributed by atoms with Crippen molar-refractivity contribution in [3.8, 4) is 0 Å². The molecule has 1 aromatic rings. The summed E-state index contributed by atoms with van der Waals surface area (Å²) in [6.07, 6.45) is 2.42. The molecule has 0 bridgehead atoms. The second-order valence-corrected chi connectivity index (χ2v) is 9.77. The summed E-state index contributed by atoms with van der Waals surface area (Å²) >= 11 is 12.0. The van der Waals surface area contributed by atoms with Gasteiger partial charge in [-0.25, -0.2) is 12.7 Å². The largest absolute Gasteiger partial charge is 0.349 e. The van der Waals surface area contributed by atoms with Gasteiger partial charge in [0.1, 0.15) is 0 Å². The number of fused-ring (bicyclic) bond motifs is 1. The maximum absolute atomic E-state index is 12.5. The van der Waals surface area contributed by atoms with Crippen LogP contribution in [0.15, 0.2) is 18.2 Å². The monoisotopic (exact) mass is 404 g/mol. The van der Waals surface area contributed by atoms with Crippen molar-refractivity contribution in [1.82, 2.24) is 9.62 Å². The van der Waals surface area contributed by atoms with Gasteiger partial charge in [0.25, 0.3) is 5.91 Å². The first kappa shape index (κ1) is 19.0. The maximum atomic E-state index is 12.5. The van der Waals surface area contributed by atoms with E-state index < -0.39 is 10.0 Å². The van der Waals surface area contributed by atoms with E-state index in [0.717, 1.165) is 12.8 Å². The fraction of sp³-hybridized carbons (Fsp3) is 0.588. The van der Waals surface area contributed by atoms with Crippen LogP contribution in [0.25, 0.3) is 0 Å². The highest BCUT2D eigenvalue weighted by molar-refractivity contribution is 7.89. The second kappa shape index (κ2) is 7.43. The molecule has 3 atom stereocenters. The third kappa shape index (κ3) is 3.97. The van der Waals surface area contributed by atoms with E-state index in [1.807, 2.05) is 6.92 Å². The van der Waals surface area contributed by atoms with Crippen LogP contribution in [-0.4, -0.2) is 43.5 Å². The highest BCUT2D eigenvalue weighted by Gasteiger charge is 2.46. The molecule has 25 heavy (non-hydrogen) atoms. The SMILES string of the molecule is CCCS(=O)(=O)N1CC2CCC(NC(=O)c3ccc(Cl)cc3Cl)C2C1. The molecule has 8 heteroatoms. The zero-order chi connectivity index (χ0) is 18.2. The van der Waals surface area contributed by atoms with Crippen LogP contribution in [0.4, 0.5) is 0 Å². The molecule has 2 aliphatic rings. The summed E-state index contributed by atoms with van der Waals surface area (Å²) in [4.78, 5) is 12.5. The summed E-state index contributed by atoms with van der Waals surface area (Å²) < 4.78 is 26.2. The standard InChI is InChI=1S/C17H22Cl2N2O3S/c1-2-7-25(23,24)21-9-11-3-6-16(14(11)10-21)20-17(22)13-5-4-12(18)8-15(13)19/h4-5,8,11,14,16H,2-3,6-7,9-10H2,1H3,(H,20,22). The number of benzene rings is 1. The lowest BCUT2D eigenvalue weighted by Gasteiger charge is -2.22. The average Bonchev–Trinajstić information content (AvgIpc) is 3.09. The van der Waals surface area contributed by atoms with Crippen molar-refractivity contribution in [3.05, 3.63) is 33.8 Å². The molecule has 2 fully saturated rings. The van der Waals surface area contributed by atoms with Crippen molar-refractivity contribution in [1.29, 1.82) is 0 Å². The average molecular weight is 405 g/mol. The number of carbonyl (C=O) groups excluding carboxylic acids is 1. The zero-order valence-corrected chi connectivity index (χ0v) is 16.4. The van der Waals surface area contributed by atoms with Gasteiger partial charge in [-0.05, 0) is 49.3 Å². The molecule has 0 spiro atoms. The summed E-state index contributed by atoms with van der Waals surface area (Å²) in [5, 5.41) is 3.84. The molecule has 1 aliphatic carbocycles. The van der Waals surface area contributed by atoms with Crippen molar-refractivity contribution in [2.24, 2.45) is 11.8 Å². The lowest BCUT2D eigenvalue weighted by Crippen LogP contribution is -2.40. The first-order chi connectivity index (χ1) is 11.8. The van der Waals surface area contributed by atoms with Gasteiger partial charge < -0.3 is 5.32 Å². The third-order valence-corrected chi connectivity index (χ3v) is 7.73. The van der Waals surface area contributed by atoms with Gasteiger partial charge in [-0.15, -0.1) is 0 Å². The summed E-state index contributed by atoms with van der Waals surface area (Å²) in [6.45, 7) is 2.93. The van der Waals surface area contributed by atoms with Gasteiger partial charge in [0.2, 0.25) is 10.0 Å². The highest BCUT2D eigenvalue weighted by atomic mass is 35.5. The lowest BCUT2D eigenvalue weighted by molar-refractivity contribution is 0.0927. The van der Waals surface area contributed by atoms with Crippen LogP contribution in [0.1, 0.15) is 36.5 Å². The number of amides is 1. The number of carbonyl (C=O) groups is 1. The second-order valence-electron chi connectivity index (χ2n) is 6.84. The van der Waals surface area contributed by atoms with E-state index in [0.29, 0.717) is 41.0 Å². The maximum Gasteiger partial charge on any atom is 0.253 e. The van der Waals surface area contributed by atoms with Crippen molar-refractivity contribution in [2.75, 3.05) is 18.8 Å². The Kier molecular flexibility index (Phi) is 5.63. The number of rotatable bonds is 5. The third-order valence-electron chi connectivity index (χ3n) is 5.17. The molecule has 1 aliphatic heterocycles. The van der Waals surface area contributed by atoms with E-state index >= 15 is 0 Å². The molecule has 1 amide bonds. The normalized spacial score (nSPS) is 26.6. The Hall–Kier alpha value is -0.820. The van der Waals surface area contributed by atoms with Crippen LogP contribution in [0.2, 0.25) is 10.0 Å². The molecule has 1 saturated heterocycles. The van der Waals surface area contributed by atoms with Crippen LogP contribution in [0, 0.1) is 11.8 Å². The van der Waals surface area contributed by atoms with Crippen molar-refractivity contribution >= 4 is 39.1 Å². The van der Waals surface area contributed by atoms with Crippen LogP contribution in [-0.2, 0) is 10.0 Å². The summed E-state index contributed by atoms with van der Waals surface area (Å²) in [7, 11) is -3.18. The van der Waals surface area contributed by atoms with Gasteiger partial charge in [0.15, 0.2) is 0 Å². The van der Waals surface area contributed by atoms with Gasteiger partial charge in [0.05, 0.1) is 16.3 Å². The molecule has 0 aromatic heterocycles. The van der Waals surface area contributed by atoms with Gasteiger partial charge in [-0.3, -0.25) is 4.79 Å². The topological polar surface area (TPSA) is 66.5 Å². The minimum Gasteiger partial charge on any atom is -0.349 e. The van der Waals surface area contributed by atoms with E-state index in [1.54, 1.807) is 22.5 Å². The molecule has 3 unspecified atom stereocenters. The van der Waals surface area contributed by atoms with Crippen molar-refractivity contribution in [2.45, 2.75) is 32.2 Å². The molecule has 0 radical (unpaired) electrons. The van der Waals surface area contributed by atoms with Crippen LogP contribution in [0.5, 0.6) is 0 Å². The molecule has 5 nitrogen and oxygen atoms in total. The molecule has 1 heterocycles. The van der Waals surface area contributed by atoms with Crippen molar-refractivity contribution in [3.63, 3.8) is 0 Å². The number of hydrogen-bond acceptors (Lipinski definition) is 3. The first-order valence-corrected chi connectivity index (χ1v) is 10.9. The molecule has 1 N–H and O–H groups in total. The molecule has 3 rings (SSSR count). The smallest absolute Gasteiger partial charge is 0.253 e. The Morgan fingerprint density at radius 3 is 2.72 bits per heavy atom. The van der Waals surface area contributed by atoms with E-state index in [-0.39, 0.29) is 23.6 Å². The van der Waals surface area contributed by atoms with E-state index in [4.69, 9.17) is 23.2 Å². The van der Waals surface area contributed by atoms with Gasteiger partial charge in [-0.1, -0.05) is 30.1 Å². The predicted molar refractivity (Wildman–Crippen MR) is 99.6 cm³/mol. The fourth-order valence-electron chi connectivity index (χ4n) is 3.94. The molecule has 1 saturated carbocycles. The molecule has 138 valence electrons. The van der Waals surface area contributed by atoms with E-state index in [2.05, 4.69) is 5.32 Å². The number of hydrogen-bond donors (Lipinski definition) is 1. The minimum atomic E-state index is -3.18. The summed E-state index contributed by atoms with van der Waals surface area (Å²) in [5.74, 6) is 0.436. The summed E-state index contributed by atoms with van der Waals surface area (Å²) in [6, 6.07) is 4.77. The number of nitrogens with one attached hydrogen (secondary N) is 1. The van der Waals surface area contributed by atoms with E-state index in [1.165, 1.54) is 0 Å². The Bertz CT molecular complexity index is 769. The fourth-order valence-corrected chi connectivity index (χ4v) is 6.02. The molecular weight excluding hydrogens is 383 g/mol. The molecular formula is C17H22Cl2N2O3S. The van der Waals surface area contributed by atoms with Crippen LogP contribution < -0.4 is 5.32 Å². The Morgan fingerprint density at radius 2 is 2.04 bits per heavy atom. The number of sulfonamides is 1. The first-order valence-electron chi connectivity index (χ1n) is 8.55. The van der Waals surface area contributed by atoms with Crippen LogP contribution >= 0.6 is 23.2 Å². The van der Waals surface area contributed by atoms with E-state index in [9.17, 15) is 13.2 Å². The van der Waals surface area contributed by atoms with Gasteiger partial charge >= 0.3 is 0 Å². The quantitative estimate of drug-likeness (QED) is 0.819. The van der Waals surface area contributed by atoms with Gasteiger partial charge in [-0.2, -0.15) is 0 Å². The highest BCUT2D eigenvalue weighted by Crippen LogP contribution is 2.39. The Labute approximate surface area is 158 Å². The lowest BCUT2D eigenvalue weighted by atomic mass is 9.97. The predicted octanol–water partition coefficient (Wildman–Crippen LogP) is 3.17. The Morgan fingerprint density at radius 1 is 1.28 bits per heavy atom. The van der Waals surface area contributed by atoms with Crippen LogP contribution in [0.3, 0.4) is 0 Å². The zero-order valence-electron chi connectivity index (χ0n) is 14.0. The van der Waals surface area contributed by atoms with Gasteiger partial charge in [0, 0.05) is 24.2 Å². The summed E-state index contributed by atoms with van der Waals surface area (Å²) in [5.41, 5.74) is 0.392. The number of halogens is 2. The Balaban J connectivity index is 1.68.